The van der Waals surface area contributed by atoms with Gasteiger partial charge in [0.2, 0.25) is 0 Å². The van der Waals surface area contributed by atoms with Crippen molar-refractivity contribution >= 4 is 5.69 Å². The number of anilines is 1. The number of halogens is 1. The summed E-state index contributed by atoms with van der Waals surface area (Å²) in [6.45, 7) is 3.92. The monoisotopic (exact) mass is 254 g/mol. The average molecular weight is 254 g/mol. The van der Waals surface area contributed by atoms with E-state index in [0.717, 1.165) is 16.8 Å². The molecule has 2 rings (SSSR count). The van der Waals surface area contributed by atoms with E-state index in [2.05, 4.69) is 11.4 Å². The van der Waals surface area contributed by atoms with E-state index in [1.807, 2.05) is 26.0 Å². The Kier molecular flexibility index (Phi) is 3.82. The van der Waals surface area contributed by atoms with Gasteiger partial charge in [-0.2, -0.15) is 5.26 Å². The van der Waals surface area contributed by atoms with Crippen LogP contribution in [0.1, 0.15) is 29.7 Å². The highest BCUT2D eigenvalue weighted by Gasteiger charge is 2.06. The number of hydrogen-bond acceptors (Lipinski definition) is 2. The molecule has 0 aromatic heterocycles. The molecule has 19 heavy (non-hydrogen) atoms. The number of nitrogens with zero attached hydrogens (tertiary/aromatic N) is 1. The Morgan fingerprint density at radius 3 is 2.42 bits per heavy atom. The summed E-state index contributed by atoms with van der Waals surface area (Å²) in [6, 6.07) is 14.3. The van der Waals surface area contributed by atoms with Gasteiger partial charge in [-0.15, -0.1) is 0 Å². The van der Waals surface area contributed by atoms with Crippen molar-refractivity contribution in [2.45, 2.75) is 19.9 Å². The number of aryl methyl sites for hydroxylation is 1. The third kappa shape index (κ3) is 3.11. The summed E-state index contributed by atoms with van der Waals surface area (Å²) in [6.07, 6.45) is 0. The molecule has 2 aromatic rings. The molecule has 0 bridgehead atoms. The van der Waals surface area contributed by atoms with Gasteiger partial charge >= 0.3 is 0 Å². The first-order valence-corrected chi connectivity index (χ1v) is 6.13. The molecule has 96 valence electrons. The van der Waals surface area contributed by atoms with Crippen molar-refractivity contribution in [3.8, 4) is 6.07 Å². The van der Waals surface area contributed by atoms with E-state index >= 15 is 0 Å². The van der Waals surface area contributed by atoms with Gasteiger partial charge in [0.05, 0.1) is 11.6 Å². The largest absolute Gasteiger partial charge is 0.379 e. The van der Waals surface area contributed by atoms with Gasteiger partial charge in [-0.05, 0) is 55.3 Å². The first kappa shape index (κ1) is 13.1. The maximum absolute atomic E-state index is 12.9. The summed E-state index contributed by atoms with van der Waals surface area (Å²) in [5, 5.41) is 12.2. The lowest BCUT2D eigenvalue weighted by atomic mass is 10.1. The van der Waals surface area contributed by atoms with Crippen molar-refractivity contribution < 1.29 is 4.39 Å². The molecule has 0 aliphatic carbocycles. The number of nitrogens with one attached hydrogen (secondary N) is 1. The highest BCUT2D eigenvalue weighted by Crippen LogP contribution is 2.21. The zero-order valence-electron chi connectivity index (χ0n) is 10.9. The third-order valence-corrected chi connectivity index (χ3v) is 3.10. The minimum Gasteiger partial charge on any atom is -0.379 e. The Bertz CT molecular complexity index is 612. The van der Waals surface area contributed by atoms with Crippen LogP contribution < -0.4 is 5.32 Å². The van der Waals surface area contributed by atoms with E-state index in [1.54, 1.807) is 18.2 Å². The zero-order chi connectivity index (χ0) is 13.8. The van der Waals surface area contributed by atoms with Gasteiger partial charge in [0.25, 0.3) is 0 Å². The van der Waals surface area contributed by atoms with Gasteiger partial charge in [0, 0.05) is 11.7 Å². The van der Waals surface area contributed by atoms with Gasteiger partial charge in [-0.3, -0.25) is 0 Å². The lowest BCUT2D eigenvalue weighted by Crippen LogP contribution is -2.06. The molecule has 0 heterocycles. The van der Waals surface area contributed by atoms with Gasteiger partial charge in [-0.25, -0.2) is 4.39 Å². The Hall–Kier alpha value is -2.34. The fraction of sp³-hybridized carbons (Fsp3) is 0.188. The van der Waals surface area contributed by atoms with Crippen LogP contribution in [-0.4, -0.2) is 0 Å². The molecular weight excluding hydrogens is 239 g/mol. The van der Waals surface area contributed by atoms with Gasteiger partial charge in [0.15, 0.2) is 0 Å². The predicted octanol–water partition coefficient (Wildman–Crippen LogP) is 4.18. The summed E-state index contributed by atoms with van der Waals surface area (Å²) in [4.78, 5) is 0. The predicted molar refractivity (Wildman–Crippen MR) is 74.3 cm³/mol. The van der Waals surface area contributed by atoms with Crippen molar-refractivity contribution in [3.63, 3.8) is 0 Å². The van der Waals surface area contributed by atoms with E-state index < -0.39 is 0 Å². The molecule has 0 fully saturated rings. The fourth-order valence-electron chi connectivity index (χ4n) is 1.96. The maximum atomic E-state index is 12.9. The fourth-order valence-corrected chi connectivity index (χ4v) is 1.96. The van der Waals surface area contributed by atoms with Crippen LogP contribution in [0.3, 0.4) is 0 Å². The van der Waals surface area contributed by atoms with E-state index in [0.29, 0.717) is 5.56 Å². The molecule has 0 amide bonds. The molecule has 1 atom stereocenters. The maximum Gasteiger partial charge on any atom is 0.123 e. The summed E-state index contributed by atoms with van der Waals surface area (Å²) in [5.74, 6) is -0.231. The zero-order valence-corrected chi connectivity index (χ0v) is 10.9. The van der Waals surface area contributed by atoms with Gasteiger partial charge < -0.3 is 5.32 Å². The number of nitriles is 1. The topological polar surface area (TPSA) is 35.8 Å². The molecule has 1 N–H and O–H groups in total. The second-order valence-electron chi connectivity index (χ2n) is 4.56. The first-order valence-electron chi connectivity index (χ1n) is 6.13. The van der Waals surface area contributed by atoms with Crippen LogP contribution in [0.2, 0.25) is 0 Å². The first-order chi connectivity index (χ1) is 9.10. The highest BCUT2D eigenvalue weighted by molar-refractivity contribution is 5.52. The molecule has 0 saturated heterocycles. The van der Waals surface area contributed by atoms with Crippen molar-refractivity contribution in [2.24, 2.45) is 0 Å². The summed E-state index contributed by atoms with van der Waals surface area (Å²) in [5.41, 5.74) is 3.59. The SMILES string of the molecule is Cc1cc(NC(C)c2ccc(F)cc2)ccc1C#N. The highest BCUT2D eigenvalue weighted by atomic mass is 19.1. The van der Waals surface area contributed by atoms with Crippen LogP contribution in [0.25, 0.3) is 0 Å². The Morgan fingerprint density at radius 2 is 1.84 bits per heavy atom. The van der Waals surface area contributed by atoms with Crippen LogP contribution in [0.5, 0.6) is 0 Å². The second-order valence-corrected chi connectivity index (χ2v) is 4.56. The molecule has 0 radical (unpaired) electrons. The van der Waals surface area contributed by atoms with E-state index in [-0.39, 0.29) is 11.9 Å². The summed E-state index contributed by atoms with van der Waals surface area (Å²) < 4.78 is 12.9. The van der Waals surface area contributed by atoms with Crippen LogP contribution in [0.15, 0.2) is 42.5 Å². The molecule has 1 unspecified atom stereocenters. The van der Waals surface area contributed by atoms with Crippen LogP contribution in [0.4, 0.5) is 10.1 Å². The van der Waals surface area contributed by atoms with Crippen LogP contribution in [-0.2, 0) is 0 Å². The van der Waals surface area contributed by atoms with E-state index in [1.165, 1.54) is 12.1 Å². The number of hydrogen-bond donors (Lipinski definition) is 1. The molecule has 0 saturated carbocycles. The second kappa shape index (κ2) is 5.53. The molecule has 0 aliphatic heterocycles. The van der Waals surface area contributed by atoms with Gasteiger partial charge in [0.1, 0.15) is 5.82 Å². The van der Waals surface area contributed by atoms with E-state index in [9.17, 15) is 4.39 Å². The van der Waals surface area contributed by atoms with Crippen molar-refractivity contribution in [1.29, 1.82) is 5.26 Å². The van der Waals surface area contributed by atoms with Crippen LogP contribution in [0, 0.1) is 24.1 Å². The lowest BCUT2D eigenvalue weighted by Gasteiger charge is -2.16. The number of benzene rings is 2. The molecule has 2 nitrogen and oxygen atoms in total. The third-order valence-electron chi connectivity index (χ3n) is 3.10. The lowest BCUT2D eigenvalue weighted by molar-refractivity contribution is 0.626. The van der Waals surface area contributed by atoms with Crippen molar-refractivity contribution in [3.05, 3.63) is 65.0 Å². The van der Waals surface area contributed by atoms with Crippen molar-refractivity contribution in [2.75, 3.05) is 5.32 Å². The number of rotatable bonds is 3. The molecule has 0 aliphatic rings. The molecule has 3 heteroatoms. The standard InChI is InChI=1S/C16H15FN2/c1-11-9-16(8-5-14(11)10-18)19-12(2)13-3-6-15(17)7-4-13/h3-9,12,19H,1-2H3. The minimum atomic E-state index is -0.231. The summed E-state index contributed by atoms with van der Waals surface area (Å²) >= 11 is 0. The molecular formula is C16H15FN2. The smallest absolute Gasteiger partial charge is 0.123 e. The Balaban J connectivity index is 2.15. The molecule has 0 spiro atoms. The van der Waals surface area contributed by atoms with Crippen LogP contribution >= 0.6 is 0 Å². The average Bonchev–Trinajstić information content (AvgIpc) is 2.39. The Morgan fingerprint density at radius 1 is 1.16 bits per heavy atom. The minimum absolute atomic E-state index is 0.0768. The summed E-state index contributed by atoms with van der Waals surface area (Å²) in [7, 11) is 0. The molecule has 2 aromatic carbocycles. The quantitative estimate of drug-likeness (QED) is 0.891. The van der Waals surface area contributed by atoms with Crippen molar-refractivity contribution in [1.82, 2.24) is 0 Å². The van der Waals surface area contributed by atoms with Gasteiger partial charge in [-0.1, -0.05) is 12.1 Å². The van der Waals surface area contributed by atoms with E-state index in [4.69, 9.17) is 5.26 Å². The Labute approximate surface area is 112 Å². The normalized spacial score (nSPS) is 11.7.